The maximum Gasteiger partial charge on any atom is 0.220 e. The van der Waals surface area contributed by atoms with E-state index < -0.39 is 0 Å². The lowest BCUT2D eigenvalue weighted by atomic mass is 9.80. The molecule has 0 aromatic rings. The van der Waals surface area contributed by atoms with Gasteiger partial charge in [0.1, 0.15) is 0 Å². The van der Waals surface area contributed by atoms with E-state index in [-0.39, 0.29) is 11.4 Å². The van der Waals surface area contributed by atoms with Crippen molar-refractivity contribution in [2.45, 2.75) is 50.5 Å². The van der Waals surface area contributed by atoms with Crippen LogP contribution in [0.15, 0.2) is 0 Å². The van der Waals surface area contributed by atoms with Gasteiger partial charge in [0, 0.05) is 18.5 Å². The van der Waals surface area contributed by atoms with Gasteiger partial charge < -0.3 is 16.0 Å². The molecule has 0 radical (unpaired) electrons. The molecular formula is C13H27N3O. The van der Waals surface area contributed by atoms with E-state index >= 15 is 0 Å². The fourth-order valence-electron chi connectivity index (χ4n) is 2.61. The van der Waals surface area contributed by atoms with Crippen molar-refractivity contribution in [3.05, 3.63) is 0 Å². The molecule has 0 spiro atoms. The molecule has 1 rings (SSSR count). The van der Waals surface area contributed by atoms with Gasteiger partial charge in [-0.15, -0.1) is 0 Å². The van der Waals surface area contributed by atoms with Crippen molar-refractivity contribution in [3.8, 4) is 0 Å². The molecule has 0 heterocycles. The summed E-state index contributed by atoms with van der Waals surface area (Å²) in [5.41, 5.74) is 5.58. The Morgan fingerprint density at radius 2 is 1.94 bits per heavy atom. The van der Waals surface area contributed by atoms with Gasteiger partial charge in [0.25, 0.3) is 0 Å². The van der Waals surface area contributed by atoms with Gasteiger partial charge in [-0.3, -0.25) is 4.79 Å². The topological polar surface area (TPSA) is 58.4 Å². The monoisotopic (exact) mass is 241 g/mol. The third kappa shape index (κ3) is 4.28. The molecule has 1 amide bonds. The van der Waals surface area contributed by atoms with Crippen molar-refractivity contribution in [2.75, 3.05) is 27.2 Å². The summed E-state index contributed by atoms with van der Waals surface area (Å²) < 4.78 is 0. The van der Waals surface area contributed by atoms with Crippen LogP contribution in [0.25, 0.3) is 0 Å². The Kier molecular flexibility index (Phi) is 5.92. The zero-order chi connectivity index (χ0) is 12.7. The first-order valence-electron chi connectivity index (χ1n) is 6.75. The van der Waals surface area contributed by atoms with Crippen molar-refractivity contribution in [1.29, 1.82) is 0 Å². The van der Waals surface area contributed by atoms with Gasteiger partial charge in [0.05, 0.1) is 0 Å². The quantitative estimate of drug-likeness (QED) is 0.732. The first kappa shape index (κ1) is 14.5. The third-order valence-corrected chi connectivity index (χ3v) is 3.96. The lowest BCUT2D eigenvalue weighted by Crippen LogP contribution is -2.53. The van der Waals surface area contributed by atoms with Crippen molar-refractivity contribution in [3.63, 3.8) is 0 Å². The Labute approximate surface area is 105 Å². The zero-order valence-corrected chi connectivity index (χ0v) is 11.3. The van der Waals surface area contributed by atoms with Crippen molar-refractivity contribution >= 4 is 5.91 Å². The van der Waals surface area contributed by atoms with Gasteiger partial charge in [-0.2, -0.15) is 0 Å². The third-order valence-electron chi connectivity index (χ3n) is 3.96. The van der Waals surface area contributed by atoms with Crippen molar-refractivity contribution in [2.24, 2.45) is 5.73 Å². The first-order chi connectivity index (χ1) is 8.10. The van der Waals surface area contributed by atoms with Crippen LogP contribution in [0.2, 0.25) is 0 Å². The number of nitrogens with one attached hydrogen (secondary N) is 1. The molecule has 1 saturated carbocycles. The van der Waals surface area contributed by atoms with Crippen LogP contribution >= 0.6 is 0 Å². The Hall–Kier alpha value is -0.610. The van der Waals surface area contributed by atoms with Crippen LogP contribution in [-0.4, -0.2) is 43.5 Å². The number of hydrogen-bond donors (Lipinski definition) is 2. The van der Waals surface area contributed by atoms with E-state index in [2.05, 4.69) is 24.3 Å². The number of likely N-dealkylation sites (N-methyl/N-ethyl adjacent to an activating group) is 1. The largest absolute Gasteiger partial charge is 0.354 e. The van der Waals surface area contributed by atoms with Gasteiger partial charge in [-0.1, -0.05) is 19.3 Å². The van der Waals surface area contributed by atoms with E-state index in [1.165, 1.54) is 32.1 Å². The molecule has 0 bridgehead atoms. The van der Waals surface area contributed by atoms with Crippen molar-refractivity contribution < 1.29 is 4.79 Å². The molecule has 0 atom stereocenters. The normalized spacial score (nSPS) is 19.3. The molecule has 0 saturated heterocycles. The van der Waals surface area contributed by atoms with Crippen LogP contribution in [0.5, 0.6) is 0 Å². The van der Waals surface area contributed by atoms with Gasteiger partial charge in [0.2, 0.25) is 5.91 Å². The summed E-state index contributed by atoms with van der Waals surface area (Å²) in [6.07, 6.45) is 7.60. The zero-order valence-electron chi connectivity index (χ0n) is 11.3. The van der Waals surface area contributed by atoms with E-state index in [1.807, 2.05) is 0 Å². The second kappa shape index (κ2) is 6.97. The van der Waals surface area contributed by atoms with Crippen LogP contribution in [0.4, 0.5) is 0 Å². The molecule has 0 aromatic carbocycles. The maximum atomic E-state index is 11.6. The summed E-state index contributed by atoms with van der Waals surface area (Å²) in [6, 6.07) is 0. The fourth-order valence-corrected chi connectivity index (χ4v) is 2.61. The molecule has 0 aliphatic heterocycles. The van der Waals surface area contributed by atoms with Crippen molar-refractivity contribution in [1.82, 2.24) is 10.2 Å². The summed E-state index contributed by atoms with van der Waals surface area (Å²) in [5, 5.41) is 3.07. The van der Waals surface area contributed by atoms with E-state index in [1.54, 1.807) is 0 Å². The molecule has 4 nitrogen and oxygen atoms in total. The predicted octanol–water partition coefficient (Wildman–Crippen LogP) is 1.11. The van der Waals surface area contributed by atoms with E-state index in [0.29, 0.717) is 13.0 Å². The minimum Gasteiger partial charge on any atom is -0.354 e. The average molecular weight is 241 g/mol. The molecule has 0 aromatic heterocycles. The number of carbonyl (C=O) groups is 1. The molecule has 0 unspecified atom stereocenters. The number of hydrogen-bond acceptors (Lipinski definition) is 3. The van der Waals surface area contributed by atoms with Crippen LogP contribution in [-0.2, 0) is 4.79 Å². The van der Waals surface area contributed by atoms with E-state index in [9.17, 15) is 4.79 Å². The van der Waals surface area contributed by atoms with E-state index in [4.69, 9.17) is 5.73 Å². The lowest BCUT2D eigenvalue weighted by molar-refractivity contribution is -0.121. The fraction of sp³-hybridized carbons (Fsp3) is 0.923. The molecule has 100 valence electrons. The smallest absolute Gasteiger partial charge is 0.220 e. The predicted molar refractivity (Wildman–Crippen MR) is 70.8 cm³/mol. The molecule has 17 heavy (non-hydrogen) atoms. The van der Waals surface area contributed by atoms with Crippen LogP contribution in [0.3, 0.4) is 0 Å². The van der Waals surface area contributed by atoms with Crippen LogP contribution < -0.4 is 11.1 Å². The summed E-state index contributed by atoms with van der Waals surface area (Å²) >= 11 is 0. The number of nitrogens with zero attached hydrogens (tertiary/aromatic N) is 1. The standard InChI is InChI=1S/C13H27N3O/c1-16(2)13(8-4-3-5-9-13)11-15-12(17)7-6-10-14/h3-11,14H2,1-2H3,(H,15,17). The highest BCUT2D eigenvalue weighted by molar-refractivity contribution is 5.75. The second-order valence-electron chi connectivity index (χ2n) is 5.35. The highest BCUT2D eigenvalue weighted by Crippen LogP contribution is 2.31. The molecule has 4 heteroatoms. The Morgan fingerprint density at radius 3 is 2.47 bits per heavy atom. The summed E-state index contributed by atoms with van der Waals surface area (Å²) in [4.78, 5) is 13.9. The number of nitrogens with two attached hydrogens (primary N) is 1. The molecule has 1 aliphatic rings. The maximum absolute atomic E-state index is 11.6. The number of carbonyl (C=O) groups excluding carboxylic acids is 1. The minimum atomic E-state index is 0.141. The second-order valence-corrected chi connectivity index (χ2v) is 5.35. The van der Waals surface area contributed by atoms with Gasteiger partial charge in [-0.05, 0) is 39.9 Å². The lowest BCUT2D eigenvalue weighted by Gasteiger charge is -2.43. The number of amides is 1. The van der Waals surface area contributed by atoms with Crippen LogP contribution in [0.1, 0.15) is 44.9 Å². The Bertz CT molecular complexity index is 235. The summed E-state index contributed by atoms with van der Waals surface area (Å²) in [7, 11) is 4.24. The summed E-state index contributed by atoms with van der Waals surface area (Å²) in [6.45, 7) is 1.37. The number of rotatable bonds is 6. The van der Waals surface area contributed by atoms with Gasteiger partial charge >= 0.3 is 0 Å². The van der Waals surface area contributed by atoms with Gasteiger partial charge in [-0.25, -0.2) is 0 Å². The van der Waals surface area contributed by atoms with Crippen LogP contribution in [0, 0.1) is 0 Å². The first-order valence-corrected chi connectivity index (χ1v) is 6.75. The SMILES string of the molecule is CN(C)C1(CNC(=O)CCCN)CCCCC1. The Morgan fingerprint density at radius 1 is 1.29 bits per heavy atom. The molecule has 1 aliphatic carbocycles. The van der Waals surface area contributed by atoms with Gasteiger partial charge in [0.15, 0.2) is 0 Å². The minimum absolute atomic E-state index is 0.141. The molecule has 3 N–H and O–H groups in total. The highest BCUT2D eigenvalue weighted by atomic mass is 16.1. The molecular weight excluding hydrogens is 214 g/mol. The summed E-state index contributed by atoms with van der Waals surface area (Å²) in [5.74, 6) is 0.141. The van der Waals surface area contributed by atoms with E-state index in [0.717, 1.165) is 13.0 Å². The molecule has 1 fully saturated rings. The Balaban J connectivity index is 2.41. The average Bonchev–Trinajstić information content (AvgIpc) is 2.34. The highest BCUT2D eigenvalue weighted by Gasteiger charge is 2.34.